The van der Waals surface area contributed by atoms with Crippen molar-refractivity contribution in [2.24, 2.45) is 5.18 Å². The van der Waals surface area contributed by atoms with Gasteiger partial charge in [0.2, 0.25) is 0 Å². The fourth-order valence-electron chi connectivity index (χ4n) is 1.34. The van der Waals surface area contributed by atoms with Crippen molar-refractivity contribution in [2.45, 2.75) is 0 Å². The number of hydrogen-bond acceptors (Lipinski definition) is 4. The Morgan fingerprint density at radius 1 is 1.07 bits per heavy atom. The van der Waals surface area contributed by atoms with E-state index in [-0.39, 0.29) is 17.2 Å². The van der Waals surface area contributed by atoms with Crippen LogP contribution in [-0.4, -0.2) is 10.2 Å². The van der Waals surface area contributed by atoms with Gasteiger partial charge in [-0.05, 0) is 28.8 Å². The van der Waals surface area contributed by atoms with Crippen LogP contribution in [0, 0.1) is 4.91 Å². The van der Waals surface area contributed by atoms with E-state index in [4.69, 9.17) is 0 Å². The molecule has 2 N–H and O–H groups in total. The van der Waals surface area contributed by atoms with E-state index in [2.05, 4.69) is 5.18 Å². The summed E-state index contributed by atoms with van der Waals surface area (Å²) in [6.45, 7) is 0. The molecule has 0 spiro atoms. The monoisotopic (exact) mass is 189 g/mol. The quantitative estimate of drug-likeness (QED) is 0.535. The minimum atomic E-state index is -0.229. The van der Waals surface area contributed by atoms with Gasteiger partial charge in [-0.1, -0.05) is 12.1 Å². The first kappa shape index (κ1) is 8.50. The molecule has 0 saturated heterocycles. The molecule has 0 fully saturated rings. The van der Waals surface area contributed by atoms with Crippen molar-refractivity contribution in [3.8, 4) is 11.5 Å². The molecule has 0 atom stereocenters. The summed E-state index contributed by atoms with van der Waals surface area (Å²) in [6, 6.07) is 7.68. The van der Waals surface area contributed by atoms with Gasteiger partial charge in [0.05, 0.1) is 0 Å². The molecule has 0 amide bonds. The zero-order valence-corrected chi connectivity index (χ0v) is 7.14. The molecule has 0 aromatic heterocycles. The molecule has 0 bridgehead atoms. The minimum absolute atomic E-state index is 0.208. The van der Waals surface area contributed by atoms with Crippen molar-refractivity contribution in [3.63, 3.8) is 0 Å². The lowest BCUT2D eigenvalue weighted by molar-refractivity contribution is 0.408. The molecule has 0 aliphatic rings. The summed E-state index contributed by atoms with van der Waals surface area (Å²) in [5, 5.41) is 22.6. The molecule has 0 aliphatic carbocycles. The molecular weight excluding hydrogens is 182 g/mol. The summed E-state index contributed by atoms with van der Waals surface area (Å²) >= 11 is 0. The average Bonchev–Trinajstić information content (AvgIpc) is 2.23. The SMILES string of the molecule is O=Nc1ccc2ccc(O)c(O)c2c1. The molecule has 0 unspecified atom stereocenters. The van der Waals surface area contributed by atoms with Gasteiger partial charge in [0.1, 0.15) is 5.69 Å². The molecule has 4 nitrogen and oxygen atoms in total. The van der Waals surface area contributed by atoms with Crippen molar-refractivity contribution >= 4 is 16.5 Å². The third kappa shape index (κ3) is 1.17. The van der Waals surface area contributed by atoms with E-state index >= 15 is 0 Å². The molecule has 0 aliphatic heterocycles. The summed E-state index contributed by atoms with van der Waals surface area (Å²) in [4.78, 5) is 10.3. The van der Waals surface area contributed by atoms with Gasteiger partial charge in [-0.2, -0.15) is 0 Å². The standard InChI is InChI=1S/C10H7NO3/c12-9-4-2-6-1-3-7(11-14)5-8(6)10(9)13/h1-5,12-13H. The number of hydrogen-bond donors (Lipinski definition) is 2. The summed E-state index contributed by atoms with van der Waals surface area (Å²) in [7, 11) is 0. The third-order valence-electron chi connectivity index (χ3n) is 2.06. The highest BCUT2D eigenvalue weighted by Gasteiger charge is 2.05. The van der Waals surface area contributed by atoms with Crippen LogP contribution in [0.2, 0.25) is 0 Å². The predicted octanol–water partition coefficient (Wildman–Crippen LogP) is 2.65. The fourth-order valence-corrected chi connectivity index (χ4v) is 1.34. The van der Waals surface area contributed by atoms with E-state index < -0.39 is 0 Å². The van der Waals surface area contributed by atoms with Crippen LogP contribution < -0.4 is 0 Å². The fraction of sp³-hybridized carbons (Fsp3) is 0. The minimum Gasteiger partial charge on any atom is -0.504 e. The summed E-state index contributed by atoms with van der Waals surface area (Å²) < 4.78 is 0. The highest BCUT2D eigenvalue weighted by atomic mass is 16.3. The van der Waals surface area contributed by atoms with Crippen LogP contribution in [0.1, 0.15) is 0 Å². The number of rotatable bonds is 1. The van der Waals surface area contributed by atoms with Gasteiger partial charge in [0.25, 0.3) is 0 Å². The largest absolute Gasteiger partial charge is 0.504 e. The Balaban J connectivity index is 2.84. The second-order valence-corrected chi connectivity index (χ2v) is 2.93. The number of benzene rings is 2. The Hall–Kier alpha value is -2.10. The normalized spacial score (nSPS) is 10.3. The molecule has 4 heteroatoms. The van der Waals surface area contributed by atoms with Crippen molar-refractivity contribution < 1.29 is 10.2 Å². The highest BCUT2D eigenvalue weighted by molar-refractivity contribution is 5.92. The molecule has 14 heavy (non-hydrogen) atoms. The van der Waals surface area contributed by atoms with E-state index in [9.17, 15) is 15.1 Å². The number of fused-ring (bicyclic) bond motifs is 1. The lowest BCUT2D eigenvalue weighted by Crippen LogP contribution is -1.75. The van der Waals surface area contributed by atoms with Crippen LogP contribution >= 0.6 is 0 Å². The van der Waals surface area contributed by atoms with E-state index in [0.29, 0.717) is 5.39 Å². The Morgan fingerprint density at radius 2 is 1.79 bits per heavy atom. The van der Waals surface area contributed by atoms with Crippen LogP contribution in [0.5, 0.6) is 11.5 Å². The second-order valence-electron chi connectivity index (χ2n) is 2.93. The number of nitrogens with zero attached hydrogens (tertiary/aromatic N) is 1. The first-order valence-electron chi connectivity index (χ1n) is 4.00. The number of phenolic OH excluding ortho intramolecular Hbond substituents is 2. The second kappa shape index (κ2) is 2.99. The Bertz CT molecular complexity index is 508. The molecule has 0 radical (unpaired) electrons. The summed E-state index contributed by atoms with van der Waals surface area (Å²) in [6.07, 6.45) is 0. The lowest BCUT2D eigenvalue weighted by atomic mass is 10.1. The van der Waals surface area contributed by atoms with Gasteiger partial charge in [-0.25, -0.2) is 0 Å². The first-order chi connectivity index (χ1) is 6.72. The van der Waals surface area contributed by atoms with Gasteiger partial charge in [-0.3, -0.25) is 0 Å². The Labute approximate surface area is 79.4 Å². The van der Waals surface area contributed by atoms with Crippen LogP contribution in [0.4, 0.5) is 5.69 Å². The molecule has 2 aromatic carbocycles. The van der Waals surface area contributed by atoms with E-state index in [1.165, 1.54) is 12.1 Å². The number of aromatic hydroxyl groups is 2. The van der Waals surface area contributed by atoms with Crippen molar-refractivity contribution in [3.05, 3.63) is 35.2 Å². The maximum atomic E-state index is 10.3. The van der Waals surface area contributed by atoms with Crippen LogP contribution in [0.3, 0.4) is 0 Å². The van der Waals surface area contributed by atoms with E-state index in [1.807, 2.05) is 0 Å². The third-order valence-corrected chi connectivity index (χ3v) is 2.06. The highest BCUT2D eigenvalue weighted by Crippen LogP contribution is 2.35. The molecule has 2 aromatic rings. The van der Waals surface area contributed by atoms with Gasteiger partial charge in [0.15, 0.2) is 11.5 Å². The lowest BCUT2D eigenvalue weighted by Gasteiger charge is -2.02. The smallest absolute Gasteiger partial charge is 0.165 e. The first-order valence-corrected chi connectivity index (χ1v) is 4.00. The zero-order chi connectivity index (χ0) is 10.1. The van der Waals surface area contributed by atoms with Gasteiger partial charge in [-0.15, -0.1) is 4.91 Å². The Kier molecular flexibility index (Phi) is 1.81. The van der Waals surface area contributed by atoms with Gasteiger partial charge in [0, 0.05) is 5.39 Å². The van der Waals surface area contributed by atoms with Crippen LogP contribution in [0.25, 0.3) is 10.8 Å². The van der Waals surface area contributed by atoms with E-state index in [0.717, 1.165) is 5.39 Å². The summed E-state index contributed by atoms with van der Waals surface area (Å²) in [5.74, 6) is -0.437. The topological polar surface area (TPSA) is 69.9 Å². The van der Waals surface area contributed by atoms with Crippen molar-refractivity contribution in [2.75, 3.05) is 0 Å². The average molecular weight is 189 g/mol. The van der Waals surface area contributed by atoms with Crippen LogP contribution in [0.15, 0.2) is 35.5 Å². The number of phenols is 2. The van der Waals surface area contributed by atoms with E-state index in [1.54, 1.807) is 18.2 Å². The van der Waals surface area contributed by atoms with Crippen LogP contribution in [-0.2, 0) is 0 Å². The summed E-state index contributed by atoms with van der Waals surface area (Å²) in [5.41, 5.74) is 0.221. The molecule has 70 valence electrons. The van der Waals surface area contributed by atoms with Gasteiger partial charge < -0.3 is 10.2 Å². The predicted molar refractivity (Wildman–Crippen MR) is 52.7 cm³/mol. The van der Waals surface area contributed by atoms with Crippen molar-refractivity contribution in [1.82, 2.24) is 0 Å². The Morgan fingerprint density at radius 3 is 2.50 bits per heavy atom. The molecule has 0 heterocycles. The molecule has 0 saturated carbocycles. The molecular formula is C10H7NO3. The molecule has 2 rings (SSSR count). The maximum Gasteiger partial charge on any atom is 0.165 e. The zero-order valence-electron chi connectivity index (χ0n) is 7.14. The van der Waals surface area contributed by atoms with Crippen molar-refractivity contribution in [1.29, 1.82) is 0 Å². The number of nitroso groups, excluding NO2 is 1. The van der Waals surface area contributed by atoms with Gasteiger partial charge >= 0.3 is 0 Å². The maximum absolute atomic E-state index is 10.3.